The highest BCUT2D eigenvalue weighted by molar-refractivity contribution is 7.99. The molecule has 150 valence electrons. The van der Waals surface area contributed by atoms with Crippen LogP contribution in [0.15, 0.2) is 11.2 Å². The lowest BCUT2D eigenvalue weighted by Crippen LogP contribution is -2.51. The van der Waals surface area contributed by atoms with Crippen molar-refractivity contribution in [1.29, 1.82) is 0 Å². The molecule has 0 saturated carbocycles. The molecule has 0 spiro atoms. The lowest BCUT2D eigenvalue weighted by molar-refractivity contribution is -0.129. The molecule has 0 aliphatic carbocycles. The van der Waals surface area contributed by atoms with Gasteiger partial charge in [-0.05, 0) is 13.3 Å². The maximum atomic E-state index is 12.5. The first kappa shape index (κ1) is 21.6. The van der Waals surface area contributed by atoms with E-state index in [1.165, 1.54) is 11.8 Å². The second-order valence-corrected chi connectivity index (χ2v) is 7.44. The normalized spacial score (nSPS) is 14.2. The summed E-state index contributed by atoms with van der Waals surface area (Å²) in [6, 6.07) is 1.72. The maximum absolute atomic E-state index is 12.5. The molecule has 1 aromatic rings. The monoisotopic (exact) mass is 415 g/mol. The van der Waals surface area contributed by atoms with E-state index in [2.05, 4.69) is 16.9 Å². The summed E-state index contributed by atoms with van der Waals surface area (Å²) in [4.78, 5) is 38.2. The van der Waals surface area contributed by atoms with Gasteiger partial charge in [0.05, 0.1) is 12.4 Å². The summed E-state index contributed by atoms with van der Waals surface area (Å²) in [5.74, 6) is 0.974. The summed E-state index contributed by atoms with van der Waals surface area (Å²) in [6.07, 6.45) is 0.673. The minimum Gasteiger partial charge on any atom is -0.450 e. The van der Waals surface area contributed by atoms with Crippen molar-refractivity contribution in [3.8, 4) is 0 Å². The van der Waals surface area contributed by atoms with Crippen LogP contribution in [0.4, 0.5) is 10.6 Å². The van der Waals surface area contributed by atoms with E-state index in [0.717, 1.165) is 18.8 Å². The van der Waals surface area contributed by atoms with Crippen LogP contribution in [-0.4, -0.2) is 83.9 Å². The summed E-state index contributed by atoms with van der Waals surface area (Å²) in [6.45, 7) is 7.04. The third-order valence-electron chi connectivity index (χ3n) is 4.09. The molecule has 0 N–H and O–H groups in total. The molecule has 0 bridgehead atoms. The zero-order valence-electron chi connectivity index (χ0n) is 16.0. The van der Waals surface area contributed by atoms with Gasteiger partial charge in [0, 0.05) is 45.8 Å². The van der Waals surface area contributed by atoms with Gasteiger partial charge in [0.2, 0.25) is 5.91 Å². The van der Waals surface area contributed by atoms with Gasteiger partial charge in [0.15, 0.2) is 5.16 Å². The van der Waals surface area contributed by atoms with Crippen LogP contribution in [0.25, 0.3) is 0 Å². The minimum absolute atomic E-state index is 0.00412. The third-order valence-corrected chi connectivity index (χ3v) is 5.12. The molecule has 0 atom stereocenters. The summed E-state index contributed by atoms with van der Waals surface area (Å²) < 4.78 is 4.99. The number of hydrogen-bond acceptors (Lipinski definition) is 7. The Morgan fingerprint density at radius 3 is 2.52 bits per heavy atom. The molecule has 0 aromatic carbocycles. The second-order valence-electron chi connectivity index (χ2n) is 6.11. The van der Waals surface area contributed by atoms with Gasteiger partial charge < -0.3 is 19.4 Å². The van der Waals surface area contributed by atoms with Gasteiger partial charge in [0.1, 0.15) is 11.0 Å². The zero-order valence-corrected chi connectivity index (χ0v) is 17.6. The Labute approximate surface area is 169 Å². The van der Waals surface area contributed by atoms with Gasteiger partial charge in [-0.2, -0.15) is 0 Å². The molecule has 27 heavy (non-hydrogen) atoms. The largest absolute Gasteiger partial charge is 0.450 e. The third kappa shape index (κ3) is 6.42. The average molecular weight is 416 g/mol. The van der Waals surface area contributed by atoms with E-state index >= 15 is 0 Å². The van der Waals surface area contributed by atoms with Crippen molar-refractivity contribution in [2.45, 2.75) is 25.4 Å². The first-order valence-corrected chi connectivity index (χ1v) is 10.4. The number of piperazine rings is 1. The predicted octanol–water partition coefficient (Wildman–Crippen LogP) is 2.37. The summed E-state index contributed by atoms with van der Waals surface area (Å²) in [5.41, 5.74) is 0. The number of anilines is 1. The average Bonchev–Trinajstić information content (AvgIpc) is 2.66. The lowest BCUT2D eigenvalue weighted by atomic mass is 10.3. The van der Waals surface area contributed by atoms with E-state index in [0.29, 0.717) is 43.1 Å². The number of hydrogen-bond donors (Lipinski definition) is 0. The van der Waals surface area contributed by atoms with E-state index in [4.69, 9.17) is 16.3 Å². The second kappa shape index (κ2) is 10.6. The first-order valence-electron chi connectivity index (χ1n) is 9.02. The molecule has 1 aliphatic rings. The molecule has 1 fully saturated rings. The predicted molar refractivity (Wildman–Crippen MR) is 107 cm³/mol. The highest BCUT2D eigenvalue weighted by Crippen LogP contribution is 2.22. The molecular formula is C17H26ClN5O3S. The van der Waals surface area contributed by atoms with Gasteiger partial charge in [-0.25, -0.2) is 14.8 Å². The number of aromatic nitrogens is 2. The number of carbonyl (C=O) groups excluding carboxylic acids is 2. The van der Waals surface area contributed by atoms with E-state index in [1.54, 1.807) is 22.8 Å². The van der Waals surface area contributed by atoms with E-state index < -0.39 is 0 Å². The topological polar surface area (TPSA) is 78.9 Å². The minimum atomic E-state index is -0.324. The molecule has 1 saturated heterocycles. The van der Waals surface area contributed by atoms with Gasteiger partial charge in [-0.15, -0.1) is 0 Å². The number of rotatable bonds is 7. The molecule has 2 heterocycles. The van der Waals surface area contributed by atoms with Crippen LogP contribution in [-0.2, 0) is 9.53 Å². The van der Waals surface area contributed by atoms with Crippen molar-refractivity contribution in [1.82, 2.24) is 19.8 Å². The standard InChI is InChI=1S/C17H26ClN5O3S/c1-4-6-21(3)14-11-13(18)19-16(20-14)27-12-15(24)22-7-9-23(10-8-22)17(25)26-5-2/h11H,4-10,12H2,1-3H3. The summed E-state index contributed by atoms with van der Waals surface area (Å²) >= 11 is 7.37. The Kier molecular flexibility index (Phi) is 8.43. The summed E-state index contributed by atoms with van der Waals surface area (Å²) in [5, 5.41) is 0.847. The van der Waals surface area contributed by atoms with Gasteiger partial charge in [-0.3, -0.25) is 4.79 Å². The molecule has 1 aliphatic heterocycles. The molecule has 0 radical (unpaired) electrons. The molecule has 2 rings (SSSR count). The molecule has 10 heteroatoms. The number of halogens is 1. The number of carbonyl (C=O) groups is 2. The van der Waals surface area contributed by atoms with Crippen LogP contribution in [0.5, 0.6) is 0 Å². The maximum Gasteiger partial charge on any atom is 0.409 e. The van der Waals surface area contributed by atoms with E-state index in [1.807, 2.05) is 11.9 Å². The molecule has 2 amide bonds. The van der Waals surface area contributed by atoms with Crippen molar-refractivity contribution in [2.75, 3.05) is 57.0 Å². The van der Waals surface area contributed by atoms with Crippen LogP contribution in [0.2, 0.25) is 5.15 Å². The smallest absolute Gasteiger partial charge is 0.409 e. The van der Waals surface area contributed by atoms with Gasteiger partial charge in [0.25, 0.3) is 0 Å². The van der Waals surface area contributed by atoms with Crippen LogP contribution in [0, 0.1) is 0 Å². The fourth-order valence-corrected chi connectivity index (χ4v) is 3.65. The molecular weight excluding hydrogens is 390 g/mol. The Morgan fingerprint density at radius 1 is 1.22 bits per heavy atom. The van der Waals surface area contributed by atoms with Crippen LogP contribution in [0.1, 0.15) is 20.3 Å². The first-order chi connectivity index (χ1) is 12.9. The van der Waals surface area contributed by atoms with Crippen molar-refractivity contribution >= 4 is 41.2 Å². The molecule has 8 nitrogen and oxygen atoms in total. The van der Waals surface area contributed by atoms with Gasteiger partial charge >= 0.3 is 6.09 Å². The summed E-state index contributed by atoms with van der Waals surface area (Å²) in [7, 11) is 1.95. The number of ether oxygens (including phenoxy) is 1. The quantitative estimate of drug-likeness (QED) is 0.384. The Hall–Kier alpha value is -1.74. The zero-order chi connectivity index (χ0) is 19.8. The highest BCUT2D eigenvalue weighted by Gasteiger charge is 2.25. The Balaban J connectivity index is 1.86. The van der Waals surface area contributed by atoms with Crippen molar-refractivity contribution < 1.29 is 14.3 Å². The Bertz CT molecular complexity index is 655. The Morgan fingerprint density at radius 2 is 1.89 bits per heavy atom. The van der Waals surface area contributed by atoms with Crippen molar-refractivity contribution in [2.24, 2.45) is 0 Å². The van der Waals surface area contributed by atoms with Crippen LogP contribution in [0.3, 0.4) is 0 Å². The SMILES string of the molecule is CCCN(C)c1cc(Cl)nc(SCC(=O)N2CCN(C(=O)OCC)CC2)n1. The van der Waals surface area contributed by atoms with Crippen LogP contribution >= 0.6 is 23.4 Å². The molecule has 1 aromatic heterocycles. The van der Waals surface area contributed by atoms with E-state index in [-0.39, 0.29) is 17.8 Å². The fraction of sp³-hybridized carbons (Fsp3) is 0.647. The lowest BCUT2D eigenvalue weighted by Gasteiger charge is -2.34. The molecule has 0 unspecified atom stereocenters. The van der Waals surface area contributed by atoms with Crippen molar-refractivity contribution in [3.63, 3.8) is 0 Å². The number of amides is 2. The van der Waals surface area contributed by atoms with E-state index in [9.17, 15) is 9.59 Å². The van der Waals surface area contributed by atoms with Gasteiger partial charge in [-0.1, -0.05) is 30.3 Å². The van der Waals surface area contributed by atoms with Crippen molar-refractivity contribution in [3.05, 3.63) is 11.2 Å². The number of thioether (sulfide) groups is 1. The fourth-order valence-electron chi connectivity index (χ4n) is 2.67. The van der Waals surface area contributed by atoms with Crippen LogP contribution < -0.4 is 4.90 Å². The number of nitrogens with zero attached hydrogens (tertiary/aromatic N) is 5. The highest BCUT2D eigenvalue weighted by atomic mass is 35.5.